The van der Waals surface area contributed by atoms with Gasteiger partial charge in [-0.05, 0) is 26.2 Å². The molecule has 1 heterocycles. The third kappa shape index (κ3) is 2.21. The zero-order chi connectivity index (χ0) is 11.6. The molecule has 1 aliphatic rings. The average molecular weight is 224 g/mol. The molecule has 6 nitrogen and oxygen atoms in total. The van der Waals surface area contributed by atoms with Crippen molar-refractivity contribution >= 4 is 5.97 Å². The van der Waals surface area contributed by atoms with E-state index in [9.17, 15) is 4.79 Å². The van der Waals surface area contributed by atoms with Crippen LogP contribution in [0.1, 0.15) is 42.6 Å². The van der Waals surface area contributed by atoms with Crippen LogP contribution in [0.2, 0.25) is 0 Å². The third-order valence-electron chi connectivity index (χ3n) is 2.86. The van der Waals surface area contributed by atoms with E-state index >= 15 is 0 Å². The highest BCUT2D eigenvalue weighted by molar-refractivity contribution is 5.84. The van der Waals surface area contributed by atoms with Crippen LogP contribution in [0.15, 0.2) is 0 Å². The summed E-state index contributed by atoms with van der Waals surface area (Å²) in [5.74, 6) is 0.245. The molecule has 0 unspecified atom stereocenters. The van der Waals surface area contributed by atoms with E-state index in [1.807, 2.05) is 0 Å². The zero-order valence-corrected chi connectivity index (χ0v) is 9.32. The molecular weight excluding hydrogens is 208 g/mol. The highest BCUT2D eigenvalue weighted by Crippen LogP contribution is 2.31. The molecule has 0 radical (unpaired) electrons. The van der Waals surface area contributed by atoms with Crippen LogP contribution in [-0.2, 0) is 11.2 Å². The quantitative estimate of drug-likeness (QED) is 0.722. The number of ether oxygens (including phenoxy) is 1. The molecule has 3 N–H and O–H groups in total. The first-order valence-electron chi connectivity index (χ1n) is 5.50. The number of esters is 1. The van der Waals surface area contributed by atoms with E-state index < -0.39 is 5.97 Å². The van der Waals surface area contributed by atoms with Crippen LogP contribution in [0.25, 0.3) is 0 Å². The van der Waals surface area contributed by atoms with Crippen molar-refractivity contribution in [1.29, 1.82) is 0 Å². The Morgan fingerprint density at radius 2 is 2.38 bits per heavy atom. The SMILES string of the molecule is CCOC(=O)c1n[nH]c(CC2(N)CCC2)n1. The van der Waals surface area contributed by atoms with Gasteiger partial charge in [-0.2, -0.15) is 0 Å². The molecule has 2 rings (SSSR count). The summed E-state index contributed by atoms with van der Waals surface area (Å²) in [6, 6.07) is 0. The van der Waals surface area contributed by atoms with Gasteiger partial charge >= 0.3 is 5.97 Å². The molecule has 0 saturated heterocycles. The zero-order valence-electron chi connectivity index (χ0n) is 9.32. The summed E-state index contributed by atoms with van der Waals surface area (Å²) in [5.41, 5.74) is 5.91. The van der Waals surface area contributed by atoms with Crippen LogP contribution in [0.3, 0.4) is 0 Å². The summed E-state index contributed by atoms with van der Waals surface area (Å²) in [7, 11) is 0. The number of nitrogens with one attached hydrogen (secondary N) is 1. The van der Waals surface area contributed by atoms with E-state index in [-0.39, 0.29) is 11.4 Å². The molecule has 1 fully saturated rings. The molecule has 0 atom stereocenters. The number of nitrogens with zero attached hydrogens (tertiary/aromatic N) is 2. The Morgan fingerprint density at radius 1 is 1.62 bits per heavy atom. The van der Waals surface area contributed by atoms with Crippen LogP contribution in [0.5, 0.6) is 0 Å². The summed E-state index contributed by atoms with van der Waals surface area (Å²) in [6.07, 6.45) is 3.81. The average Bonchev–Trinajstić information content (AvgIpc) is 2.64. The van der Waals surface area contributed by atoms with Crippen LogP contribution in [0, 0.1) is 0 Å². The highest BCUT2D eigenvalue weighted by atomic mass is 16.5. The normalized spacial score (nSPS) is 17.9. The molecule has 88 valence electrons. The lowest BCUT2D eigenvalue weighted by molar-refractivity contribution is 0.0512. The van der Waals surface area contributed by atoms with Gasteiger partial charge in [0.25, 0.3) is 5.82 Å². The molecule has 1 saturated carbocycles. The van der Waals surface area contributed by atoms with E-state index in [4.69, 9.17) is 10.5 Å². The molecule has 0 bridgehead atoms. The summed E-state index contributed by atoms with van der Waals surface area (Å²) >= 11 is 0. The van der Waals surface area contributed by atoms with E-state index in [1.165, 1.54) is 0 Å². The van der Waals surface area contributed by atoms with Crippen LogP contribution in [-0.4, -0.2) is 33.3 Å². The summed E-state index contributed by atoms with van der Waals surface area (Å²) in [5, 5.41) is 6.54. The molecule has 6 heteroatoms. The Kier molecular flexibility index (Phi) is 2.91. The molecular formula is C10H16N4O2. The van der Waals surface area contributed by atoms with Crippen molar-refractivity contribution in [2.24, 2.45) is 5.73 Å². The fourth-order valence-electron chi connectivity index (χ4n) is 1.80. The van der Waals surface area contributed by atoms with Gasteiger partial charge in [-0.25, -0.2) is 9.78 Å². The number of nitrogens with two attached hydrogens (primary N) is 1. The molecule has 0 aliphatic heterocycles. The minimum Gasteiger partial charge on any atom is -0.460 e. The number of hydrogen-bond acceptors (Lipinski definition) is 5. The Labute approximate surface area is 93.6 Å². The van der Waals surface area contributed by atoms with Gasteiger partial charge < -0.3 is 10.5 Å². The molecule has 1 aromatic rings. The Bertz CT molecular complexity index is 384. The number of carbonyl (C=O) groups is 1. The minimum absolute atomic E-state index is 0.0831. The highest BCUT2D eigenvalue weighted by Gasteiger charge is 2.33. The number of carbonyl (C=O) groups excluding carboxylic acids is 1. The molecule has 1 aliphatic carbocycles. The van der Waals surface area contributed by atoms with Gasteiger partial charge in [0, 0.05) is 12.0 Å². The number of aromatic amines is 1. The van der Waals surface area contributed by atoms with Crippen molar-refractivity contribution in [3.63, 3.8) is 0 Å². The van der Waals surface area contributed by atoms with Crippen LogP contribution >= 0.6 is 0 Å². The lowest BCUT2D eigenvalue weighted by atomic mass is 9.75. The Morgan fingerprint density at radius 3 is 2.94 bits per heavy atom. The molecule has 0 spiro atoms. The number of hydrogen-bond donors (Lipinski definition) is 2. The summed E-state index contributed by atoms with van der Waals surface area (Å²) in [6.45, 7) is 2.07. The molecule has 0 amide bonds. The van der Waals surface area contributed by atoms with Crippen molar-refractivity contribution in [3.05, 3.63) is 11.6 Å². The standard InChI is InChI=1S/C10H16N4O2/c1-2-16-9(15)8-12-7(13-14-8)6-10(11)4-3-5-10/h2-6,11H2,1H3,(H,12,13,14). The minimum atomic E-state index is -0.496. The van der Waals surface area contributed by atoms with Crippen LogP contribution < -0.4 is 5.73 Å². The van der Waals surface area contributed by atoms with Crippen molar-refractivity contribution < 1.29 is 9.53 Å². The Hall–Kier alpha value is -1.43. The predicted octanol–water partition coefficient (Wildman–Crippen LogP) is 0.405. The second-order valence-electron chi connectivity index (χ2n) is 4.22. The molecule has 0 aromatic carbocycles. The van der Waals surface area contributed by atoms with Crippen molar-refractivity contribution in [1.82, 2.24) is 15.2 Å². The lowest BCUT2D eigenvalue weighted by Crippen LogP contribution is -2.48. The Balaban J connectivity index is 1.99. The topological polar surface area (TPSA) is 93.9 Å². The number of rotatable bonds is 4. The van der Waals surface area contributed by atoms with Gasteiger partial charge in [0.05, 0.1) is 6.61 Å². The van der Waals surface area contributed by atoms with Crippen molar-refractivity contribution in [3.8, 4) is 0 Å². The molecule has 16 heavy (non-hydrogen) atoms. The first kappa shape index (κ1) is 11.1. The van der Waals surface area contributed by atoms with Gasteiger partial charge in [-0.15, -0.1) is 5.10 Å². The second kappa shape index (κ2) is 4.21. The summed E-state index contributed by atoms with van der Waals surface area (Å²) in [4.78, 5) is 15.4. The van der Waals surface area contributed by atoms with Gasteiger partial charge in [-0.1, -0.05) is 0 Å². The first-order valence-corrected chi connectivity index (χ1v) is 5.50. The van der Waals surface area contributed by atoms with Gasteiger partial charge in [0.15, 0.2) is 0 Å². The van der Waals surface area contributed by atoms with E-state index in [1.54, 1.807) is 6.92 Å². The van der Waals surface area contributed by atoms with Gasteiger partial charge in [-0.3, -0.25) is 5.10 Å². The number of H-pyrrole nitrogens is 1. The van der Waals surface area contributed by atoms with E-state index in [2.05, 4.69) is 15.2 Å². The predicted molar refractivity (Wildman–Crippen MR) is 56.8 cm³/mol. The van der Waals surface area contributed by atoms with Gasteiger partial charge in [0.1, 0.15) is 5.82 Å². The monoisotopic (exact) mass is 224 g/mol. The maximum atomic E-state index is 11.3. The maximum Gasteiger partial charge on any atom is 0.378 e. The smallest absolute Gasteiger partial charge is 0.378 e. The van der Waals surface area contributed by atoms with Crippen LogP contribution in [0.4, 0.5) is 0 Å². The second-order valence-corrected chi connectivity index (χ2v) is 4.22. The molecule has 1 aromatic heterocycles. The number of aromatic nitrogens is 3. The van der Waals surface area contributed by atoms with E-state index in [0.717, 1.165) is 19.3 Å². The third-order valence-corrected chi connectivity index (χ3v) is 2.86. The maximum absolute atomic E-state index is 11.3. The summed E-state index contributed by atoms with van der Waals surface area (Å²) < 4.78 is 4.80. The largest absolute Gasteiger partial charge is 0.460 e. The van der Waals surface area contributed by atoms with Crippen molar-refractivity contribution in [2.45, 2.75) is 38.1 Å². The lowest BCUT2D eigenvalue weighted by Gasteiger charge is -2.37. The van der Waals surface area contributed by atoms with E-state index in [0.29, 0.717) is 18.9 Å². The fourth-order valence-corrected chi connectivity index (χ4v) is 1.80. The first-order chi connectivity index (χ1) is 7.63. The van der Waals surface area contributed by atoms with Gasteiger partial charge in [0.2, 0.25) is 0 Å². The van der Waals surface area contributed by atoms with Crippen molar-refractivity contribution in [2.75, 3.05) is 6.61 Å². The fraction of sp³-hybridized carbons (Fsp3) is 0.700.